The van der Waals surface area contributed by atoms with E-state index in [1.807, 2.05) is 4.90 Å². The van der Waals surface area contributed by atoms with Crippen LogP contribution in [0.3, 0.4) is 0 Å². The lowest BCUT2D eigenvalue weighted by molar-refractivity contribution is 0.0803. The summed E-state index contributed by atoms with van der Waals surface area (Å²) in [6.07, 6.45) is 4.83. The molecule has 3 N–H and O–H groups in total. The number of anilines is 1. The van der Waals surface area contributed by atoms with Gasteiger partial charge in [-0.15, -0.1) is 0 Å². The van der Waals surface area contributed by atoms with Crippen molar-refractivity contribution in [3.05, 3.63) is 47.7 Å². The number of aliphatic hydroxyl groups excluding tert-OH is 2. The van der Waals surface area contributed by atoms with Crippen LogP contribution in [-0.2, 0) is 0 Å². The van der Waals surface area contributed by atoms with Gasteiger partial charge in [0.15, 0.2) is 5.65 Å². The summed E-state index contributed by atoms with van der Waals surface area (Å²) in [5, 5.41) is 25.1. The average molecular weight is 430 g/mol. The van der Waals surface area contributed by atoms with E-state index in [1.165, 1.54) is 23.9 Å². The smallest absolute Gasteiger partial charge is 0.256 e. The Morgan fingerprint density at radius 3 is 3.06 bits per heavy atom. The van der Waals surface area contributed by atoms with Crippen molar-refractivity contribution in [3.63, 3.8) is 0 Å². The summed E-state index contributed by atoms with van der Waals surface area (Å²) in [6.45, 7) is 0.158. The van der Waals surface area contributed by atoms with Crippen molar-refractivity contribution in [2.45, 2.75) is 25.0 Å². The van der Waals surface area contributed by atoms with Gasteiger partial charge in [-0.05, 0) is 25.0 Å². The molecule has 11 heteroatoms. The molecule has 1 aliphatic heterocycles. The Morgan fingerprint density at radius 1 is 1.45 bits per heavy atom. The highest BCUT2D eigenvalue weighted by molar-refractivity contribution is 5.99. The molecule has 1 aliphatic rings. The minimum Gasteiger partial charge on any atom is -0.481 e. The average Bonchev–Trinajstić information content (AvgIpc) is 3.43. The Bertz CT molecular complexity index is 1090. The number of rotatable bonds is 7. The number of aromatic nitrogens is 4. The molecular weight excluding hydrogens is 407 g/mol. The molecule has 0 bridgehead atoms. The number of methoxy groups -OCH3 is 1. The first-order chi connectivity index (χ1) is 15.0. The van der Waals surface area contributed by atoms with Crippen LogP contribution in [0.2, 0.25) is 0 Å². The number of halogens is 1. The van der Waals surface area contributed by atoms with Crippen molar-refractivity contribution in [3.8, 4) is 5.88 Å². The van der Waals surface area contributed by atoms with Gasteiger partial charge >= 0.3 is 0 Å². The summed E-state index contributed by atoms with van der Waals surface area (Å²) in [6, 6.07) is 3.04. The van der Waals surface area contributed by atoms with Crippen LogP contribution >= 0.6 is 0 Å². The summed E-state index contributed by atoms with van der Waals surface area (Å²) in [7, 11) is 1.50. The summed E-state index contributed by atoms with van der Waals surface area (Å²) in [5.41, 5.74) is 1.24. The molecule has 3 aromatic heterocycles. The van der Waals surface area contributed by atoms with E-state index in [4.69, 9.17) is 9.84 Å². The number of nitrogens with zero attached hydrogens (tertiary/aromatic N) is 5. The third-order valence-electron chi connectivity index (χ3n) is 5.25. The molecule has 2 atom stereocenters. The molecule has 3 aromatic rings. The summed E-state index contributed by atoms with van der Waals surface area (Å²) < 4.78 is 20.7. The molecule has 4 rings (SSSR count). The third kappa shape index (κ3) is 4.14. The van der Waals surface area contributed by atoms with Gasteiger partial charge in [0.25, 0.3) is 5.91 Å². The van der Waals surface area contributed by atoms with Crippen LogP contribution in [0, 0.1) is 5.82 Å². The van der Waals surface area contributed by atoms with E-state index >= 15 is 0 Å². The van der Waals surface area contributed by atoms with Gasteiger partial charge < -0.3 is 25.2 Å². The number of hydrogen-bond acceptors (Lipinski definition) is 8. The maximum atomic E-state index is 13.9. The predicted octanol–water partition coefficient (Wildman–Crippen LogP) is 0.696. The van der Waals surface area contributed by atoms with Crippen LogP contribution in [0.15, 0.2) is 30.7 Å². The minimum absolute atomic E-state index is 0.0903. The van der Waals surface area contributed by atoms with E-state index in [2.05, 4.69) is 20.4 Å². The van der Waals surface area contributed by atoms with Gasteiger partial charge in [-0.1, -0.05) is 0 Å². The Morgan fingerprint density at radius 2 is 2.29 bits per heavy atom. The van der Waals surface area contributed by atoms with E-state index in [9.17, 15) is 14.3 Å². The second-order valence-corrected chi connectivity index (χ2v) is 7.26. The highest BCUT2D eigenvalue weighted by Crippen LogP contribution is 2.38. The quantitative estimate of drug-likeness (QED) is 0.500. The summed E-state index contributed by atoms with van der Waals surface area (Å²) in [5.74, 6) is 0.0875. The molecule has 0 aromatic carbocycles. The maximum absolute atomic E-state index is 13.9. The van der Waals surface area contributed by atoms with Gasteiger partial charge in [0.1, 0.15) is 17.2 Å². The van der Waals surface area contributed by atoms with Crippen molar-refractivity contribution < 1.29 is 24.1 Å². The first kappa shape index (κ1) is 20.9. The fraction of sp³-hybridized carbons (Fsp3) is 0.400. The predicted molar refractivity (Wildman–Crippen MR) is 108 cm³/mol. The lowest BCUT2D eigenvalue weighted by Gasteiger charge is -2.26. The van der Waals surface area contributed by atoms with Crippen molar-refractivity contribution in [1.29, 1.82) is 0 Å². The molecule has 0 saturated carbocycles. The second kappa shape index (κ2) is 8.82. The van der Waals surface area contributed by atoms with Gasteiger partial charge in [0, 0.05) is 24.8 Å². The van der Waals surface area contributed by atoms with E-state index in [0.717, 1.165) is 19.0 Å². The molecule has 0 spiro atoms. The fourth-order valence-corrected chi connectivity index (χ4v) is 3.77. The van der Waals surface area contributed by atoms with Crippen LogP contribution in [-0.4, -0.2) is 68.6 Å². The SMILES string of the molecule is COc1ncc(F)cc1[C@H]1CCCN1c1ccn2ncc(C(=O)NC[C@@H](O)CO)c2n1. The van der Waals surface area contributed by atoms with Crippen LogP contribution in [0.4, 0.5) is 10.2 Å². The van der Waals surface area contributed by atoms with Crippen LogP contribution in [0.25, 0.3) is 5.65 Å². The summed E-state index contributed by atoms with van der Waals surface area (Å²) >= 11 is 0. The maximum Gasteiger partial charge on any atom is 0.256 e. The number of carbonyl (C=O) groups excluding carboxylic acids is 1. The van der Waals surface area contributed by atoms with E-state index < -0.39 is 24.4 Å². The van der Waals surface area contributed by atoms with Gasteiger partial charge in [-0.3, -0.25) is 4.79 Å². The highest BCUT2D eigenvalue weighted by Gasteiger charge is 2.31. The largest absolute Gasteiger partial charge is 0.481 e. The molecule has 0 aliphatic carbocycles. The first-order valence-electron chi connectivity index (χ1n) is 9.89. The van der Waals surface area contributed by atoms with Crippen molar-refractivity contribution >= 4 is 17.4 Å². The lowest BCUT2D eigenvalue weighted by Crippen LogP contribution is -2.33. The first-order valence-corrected chi connectivity index (χ1v) is 9.89. The number of fused-ring (bicyclic) bond motifs is 1. The lowest BCUT2D eigenvalue weighted by atomic mass is 10.1. The molecular formula is C20H23FN6O4. The molecule has 31 heavy (non-hydrogen) atoms. The summed E-state index contributed by atoms with van der Waals surface area (Å²) in [4.78, 5) is 23.2. The number of carbonyl (C=O) groups is 1. The topological polar surface area (TPSA) is 125 Å². The van der Waals surface area contributed by atoms with E-state index in [-0.39, 0.29) is 18.2 Å². The van der Waals surface area contributed by atoms with Gasteiger partial charge in [-0.2, -0.15) is 5.10 Å². The fourth-order valence-electron chi connectivity index (χ4n) is 3.77. The standard InChI is InChI=1S/C20H23FN6O4/c1-31-20-14(7-12(21)8-23-20)16-3-2-5-26(16)17-4-6-27-18(25-17)15(10-24-27)19(30)22-9-13(29)11-28/h4,6-8,10,13,16,28-29H,2-3,5,9,11H2,1H3,(H,22,30)/t13-,16-/m1/s1. The molecule has 1 saturated heterocycles. The van der Waals surface area contributed by atoms with Crippen LogP contribution < -0.4 is 15.0 Å². The molecule has 0 radical (unpaired) electrons. The van der Waals surface area contributed by atoms with Crippen molar-refractivity contribution in [2.24, 2.45) is 0 Å². The monoisotopic (exact) mass is 430 g/mol. The highest BCUT2D eigenvalue weighted by atomic mass is 19.1. The van der Waals surface area contributed by atoms with Gasteiger partial charge in [0.2, 0.25) is 5.88 Å². The second-order valence-electron chi connectivity index (χ2n) is 7.26. The van der Waals surface area contributed by atoms with Gasteiger partial charge in [-0.25, -0.2) is 18.9 Å². The van der Waals surface area contributed by atoms with E-state index in [1.54, 1.807) is 12.3 Å². The number of nitrogens with one attached hydrogen (secondary N) is 1. The number of amides is 1. The van der Waals surface area contributed by atoms with Gasteiger partial charge in [0.05, 0.1) is 38.3 Å². The molecule has 1 fully saturated rings. The molecule has 0 unspecified atom stereocenters. The minimum atomic E-state index is -1.05. The van der Waals surface area contributed by atoms with Crippen molar-refractivity contribution in [2.75, 3.05) is 31.7 Å². The van der Waals surface area contributed by atoms with E-state index in [0.29, 0.717) is 29.5 Å². The zero-order chi connectivity index (χ0) is 22.0. The zero-order valence-corrected chi connectivity index (χ0v) is 16.9. The molecule has 1 amide bonds. The Hall–Kier alpha value is -3.31. The Kier molecular flexibility index (Phi) is 5.96. The normalized spacial score (nSPS) is 17.2. The molecule has 10 nitrogen and oxygen atoms in total. The molecule has 4 heterocycles. The number of hydrogen-bond donors (Lipinski definition) is 3. The van der Waals surface area contributed by atoms with Crippen LogP contribution in [0.5, 0.6) is 5.88 Å². The number of aliphatic hydroxyl groups is 2. The van der Waals surface area contributed by atoms with Crippen LogP contribution in [0.1, 0.15) is 34.8 Å². The number of pyridine rings is 1. The van der Waals surface area contributed by atoms with Crippen molar-refractivity contribution in [1.82, 2.24) is 24.9 Å². The third-order valence-corrected chi connectivity index (χ3v) is 5.25. The zero-order valence-electron chi connectivity index (χ0n) is 16.9. The molecule has 164 valence electrons. The number of ether oxygens (including phenoxy) is 1. The Labute approximate surface area is 177 Å². The Balaban J connectivity index is 1.65.